The van der Waals surface area contributed by atoms with Gasteiger partial charge in [0.1, 0.15) is 6.61 Å². The lowest BCUT2D eigenvalue weighted by atomic mass is 9.57. The maximum Gasteiger partial charge on any atom is 0.162 e. The SMILES string of the molecule is COCc1cc(C[C@@H]2C[C@H](N)C2(C)C)no1. The molecule has 1 aromatic heterocycles. The summed E-state index contributed by atoms with van der Waals surface area (Å²) in [6, 6.07) is 2.30. The van der Waals surface area contributed by atoms with Crippen LogP contribution in [0.1, 0.15) is 31.7 Å². The molecule has 1 aromatic rings. The van der Waals surface area contributed by atoms with Crippen LogP contribution in [-0.2, 0) is 17.8 Å². The quantitative estimate of drug-likeness (QED) is 0.846. The lowest BCUT2D eigenvalue weighted by Crippen LogP contribution is -2.55. The van der Waals surface area contributed by atoms with Crippen molar-refractivity contribution < 1.29 is 9.26 Å². The molecule has 0 radical (unpaired) electrons. The van der Waals surface area contributed by atoms with Gasteiger partial charge in [-0.2, -0.15) is 0 Å². The molecular weight excluding hydrogens is 204 g/mol. The lowest BCUT2D eigenvalue weighted by molar-refractivity contribution is 0.0370. The first-order valence-corrected chi connectivity index (χ1v) is 5.73. The van der Waals surface area contributed by atoms with Crippen LogP contribution in [0.3, 0.4) is 0 Å². The summed E-state index contributed by atoms with van der Waals surface area (Å²) < 4.78 is 10.2. The van der Waals surface area contributed by atoms with Gasteiger partial charge in [-0.15, -0.1) is 0 Å². The second-order valence-corrected chi connectivity index (χ2v) is 5.28. The Morgan fingerprint density at radius 1 is 1.62 bits per heavy atom. The largest absolute Gasteiger partial charge is 0.377 e. The Labute approximate surface area is 96.1 Å². The molecule has 1 aliphatic rings. The fourth-order valence-corrected chi connectivity index (χ4v) is 2.32. The van der Waals surface area contributed by atoms with Gasteiger partial charge >= 0.3 is 0 Å². The normalized spacial score (nSPS) is 27.8. The fourth-order valence-electron chi connectivity index (χ4n) is 2.32. The highest BCUT2D eigenvalue weighted by Crippen LogP contribution is 2.46. The minimum Gasteiger partial charge on any atom is -0.377 e. The molecule has 2 N–H and O–H groups in total. The Morgan fingerprint density at radius 2 is 2.38 bits per heavy atom. The van der Waals surface area contributed by atoms with E-state index in [0.29, 0.717) is 18.6 Å². The fraction of sp³-hybridized carbons (Fsp3) is 0.750. The number of methoxy groups -OCH3 is 1. The third-order valence-electron chi connectivity index (χ3n) is 3.90. The van der Waals surface area contributed by atoms with E-state index >= 15 is 0 Å². The minimum atomic E-state index is 0.223. The first kappa shape index (κ1) is 11.6. The van der Waals surface area contributed by atoms with Crippen molar-refractivity contribution in [3.05, 3.63) is 17.5 Å². The molecule has 0 aliphatic heterocycles. The van der Waals surface area contributed by atoms with Gasteiger partial charge in [0.2, 0.25) is 0 Å². The van der Waals surface area contributed by atoms with E-state index in [9.17, 15) is 0 Å². The Hall–Kier alpha value is -0.870. The summed E-state index contributed by atoms with van der Waals surface area (Å²) >= 11 is 0. The number of hydrogen-bond acceptors (Lipinski definition) is 4. The molecule has 4 heteroatoms. The predicted octanol–water partition coefficient (Wildman–Crippen LogP) is 1.74. The molecule has 0 saturated heterocycles. The molecule has 1 heterocycles. The predicted molar refractivity (Wildman–Crippen MR) is 60.8 cm³/mol. The van der Waals surface area contributed by atoms with Crippen LogP contribution in [0.4, 0.5) is 0 Å². The van der Waals surface area contributed by atoms with Crippen LogP contribution in [0.25, 0.3) is 0 Å². The first-order valence-electron chi connectivity index (χ1n) is 5.73. The summed E-state index contributed by atoms with van der Waals surface area (Å²) in [7, 11) is 1.65. The van der Waals surface area contributed by atoms with Crippen molar-refractivity contribution in [3.63, 3.8) is 0 Å². The van der Waals surface area contributed by atoms with E-state index in [-0.39, 0.29) is 5.41 Å². The standard InChI is InChI=1S/C12H20N2O2/c1-12(2)8(5-11(12)13)4-9-6-10(7-15-3)16-14-9/h6,8,11H,4-5,7,13H2,1-3H3/t8-,11+/m1/s1. The molecular formula is C12H20N2O2. The highest BCUT2D eigenvalue weighted by atomic mass is 16.5. The molecule has 1 saturated carbocycles. The molecule has 0 amide bonds. The number of rotatable bonds is 4. The summed E-state index contributed by atoms with van der Waals surface area (Å²) in [6.07, 6.45) is 2.04. The van der Waals surface area contributed by atoms with E-state index in [1.807, 2.05) is 6.07 Å². The summed E-state index contributed by atoms with van der Waals surface area (Å²) in [6.45, 7) is 4.94. The van der Waals surface area contributed by atoms with E-state index < -0.39 is 0 Å². The summed E-state index contributed by atoms with van der Waals surface area (Å²) in [5.41, 5.74) is 7.22. The zero-order valence-electron chi connectivity index (χ0n) is 10.2. The molecule has 1 fully saturated rings. The monoisotopic (exact) mass is 224 g/mol. The van der Waals surface area contributed by atoms with Gasteiger partial charge in [0, 0.05) is 19.2 Å². The maximum absolute atomic E-state index is 5.99. The Bertz CT molecular complexity index is 360. The topological polar surface area (TPSA) is 61.3 Å². The third kappa shape index (κ3) is 1.99. The molecule has 0 unspecified atom stereocenters. The van der Waals surface area contributed by atoms with E-state index in [4.69, 9.17) is 15.0 Å². The van der Waals surface area contributed by atoms with Gasteiger partial charge in [0.15, 0.2) is 5.76 Å². The van der Waals surface area contributed by atoms with E-state index in [0.717, 1.165) is 24.3 Å². The average molecular weight is 224 g/mol. The molecule has 2 atom stereocenters. The molecule has 1 aliphatic carbocycles. The van der Waals surface area contributed by atoms with Crippen LogP contribution in [0, 0.1) is 11.3 Å². The van der Waals surface area contributed by atoms with Gasteiger partial charge in [-0.05, 0) is 24.2 Å². The number of aromatic nitrogens is 1. The number of ether oxygens (including phenoxy) is 1. The van der Waals surface area contributed by atoms with Gasteiger partial charge in [-0.1, -0.05) is 19.0 Å². The van der Waals surface area contributed by atoms with Gasteiger partial charge in [0.05, 0.1) is 5.69 Å². The third-order valence-corrected chi connectivity index (χ3v) is 3.90. The molecule has 16 heavy (non-hydrogen) atoms. The smallest absolute Gasteiger partial charge is 0.162 e. The van der Waals surface area contributed by atoms with Crippen molar-refractivity contribution in [1.82, 2.24) is 5.16 Å². The second kappa shape index (κ2) is 4.18. The van der Waals surface area contributed by atoms with E-state index in [2.05, 4.69) is 19.0 Å². The van der Waals surface area contributed by atoms with Gasteiger partial charge in [-0.3, -0.25) is 0 Å². The molecule has 0 aromatic carbocycles. The van der Waals surface area contributed by atoms with Crippen molar-refractivity contribution in [2.45, 2.75) is 39.3 Å². The van der Waals surface area contributed by atoms with Crippen molar-refractivity contribution >= 4 is 0 Å². The Morgan fingerprint density at radius 3 is 2.94 bits per heavy atom. The molecule has 4 nitrogen and oxygen atoms in total. The summed E-state index contributed by atoms with van der Waals surface area (Å²) in [4.78, 5) is 0. The minimum absolute atomic E-state index is 0.223. The van der Waals surface area contributed by atoms with Crippen LogP contribution in [0.2, 0.25) is 0 Å². The highest BCUT2D eigenvalue weighted by molar-refractivity contribution is 5.10. The molecule has 0 spiro atoms. The lowest BCUT2D eigenvalue weighted by Gasteiger charge is -2.50. The van der Waals surface area contributed by atoms with Crippen LogP contribution < -0.4 is 5.73 Å². The van der Waals surface area contributed by atoms with Crippen LogP contribution in [0.15, 0.2) is 10.6 Å². The zero-order chi connectivity index (χ0) is 11.8. The Balaban J connectivity index is 1.94. The Kier molecular flexibility index (Phi) is 3.04. The number of nitrogens with two attached hydrogens (primary N) is 1. The van der Waals surface area contributed by atoms with Crippen molar-refractivity contribution in [1.29, 1.82) is 0 Å². The number of nitrogens with zero attached hydrogens (tertiary/aromatic N) is 1. The van der Waals surface area contributed by atoms with Gasteiger partial charge in [-0.25, -0.2) is 0 Å². The van der Waals surface area contributed by atoms with Crippen molar-refractivity contribution in [3.8, 4) is 0 Å². The average Bonchev–Trinajstić information content (AvgIpc) is 2.66. The molecule has 0 bridgehead atoms. The van der Waals surface area contributed by atoms with Crippen molar-refractivity contribution in [2.24, 2.45) is 17.1 Å². The van der Waals surface area contributed by atoms with Crippen LogP contribution in [-0.4, -0.2) is 18.3 Å². The summed E-state index contributed by atoms with van der Waals surface area (Å²) in [5, 5.41) is 4.05. The maximum atomic E-state index is 5.99. The van der Waals surface area contributed by atoms with E-state index in [1.165, 1.54) is 0 Å². The van der Waals surface area contributed by atoms with Gasteiger partial charge in [0.25, 0.3) is 0 Å². The highest BCUT2D eigenvalue weighted by Gasteiger charge is 2.45. The van der Waals surface area contributed by atoms with Crippen molar-refractivity contribution in [2.75, 3.05) is 7.11 Å². The second-order valence-electron chi connectivity index (χ2n) is 5.28. The van der Waals surface area contributed by atoms with Gasteiger partial charge < -0.3 is 15.0 Å². The van der Waals surface area contributed by atoms with Crippen LogP contribution >= 0.6 is 0 Å². The first-order chi connectivity index (χ1) is 7.54. The zero-order valence-corrected chi connectivity index (χ0v) is 10.2. The summed E-state index contributed by atoms with van der Waals surface area (Å²) in [5.74, 6) is 1.40. The molecule has 90 valence electrons. The number of hydrogen-bond donors (Lipinski definition) is 1. The van der Waals surface area contributed by atoms with E-state index in [1.54, 1.807) is 7.11 Å². The molecule has 2 rings (SSSR count). The van der Waals surface area contributed by atoms with Crippen LogP contribution in [0.5, 0.6) is 0 Å².